The Kier molecular flexibility index (Phi) is 4.22. The Labute approximate surface area is 124 Å². The van der Waals surface area contributed by atoms with Gasteiger partial charge in [-0.3, -0.25) is 0 Å². The average Bonchev–Trinajstić information content (AvgIpc) is 2.34. The Bertz CT molecular complexity index is 584. The lowest BCUT2D eigenvalue weighted by molar-refractivity contribution is 1.51. The molecule has 0 heterocycles. The molecule has 2 aromatic carbocycles. The van der Waals surface area contributed by atoms with Crippen molar-refractivity contribution in [3.8, 4) is 0 Å². The third-order valence-corrected chi connectivity index (χ3v) is 3.34. The lowest BCUT2D eigenvalue weighted by Crippen LogP contribution is -2.11. The molecule has 0 aliphatic rings. The van der Waals surface area contributed by atoms with E-state index < -0.39 is 0 Å². The molecule has 0 fully saturated rings. The Morgan fingerprint density at radius 2 is 1.83 bits per heavy atom. The third-order valence-electron chi connectivity index (χ3n) is 2.37. The van der Waals surface area contributed by atoms with Crippen molar-refractivity contribution in [1.29, 1.82) is 0 Å². The summed E-state index contributed by atoms with van der Waals surface area (Å²) in [5.41, 5.74) is 8.31. The number of benzene rings is 2. The van der Waals surface area contributed by atoms with Gasteiger partial charge in [0.1, 0.15) is 4.99 Å². The van der Waals surface area contributed by atoms with Crippen LogP contribution in [0, 0.1) is 0 Å². The Morgan fingerprint density at radius 3 is 2.44 bits per heavy atom. The first-order chi connectivity index (χ1) is 8.56. The van der Waals surface area contributed by atoms with Gasteiger partial charge in [-0.2, -0.15) is 0 Å². The van der Waals surface area contributed by atoms with Crippen LogP contribution in [-0.2, 0) is 0 Å². The molecular formula is C13H10BrClN2S. The fraction of sp³-hybridized carbons (Fsp3) is 0. The molecule has 0 unspecified atom stereocenters. The first-order valence-electron chi connectivity index (χ1n) is 5.18. The molecule has 0 spiro atoms. The van der Waals surface area contributed by atoms with E-state index in [0.717, 1.165) is 21.4 Å². The minimum atomic E-state index is 0.354. The molecule has 2 nitrogen and oxygen atoms in total. The summed E-state index contributed by atoms with van der Waals surface area (Å²) >= 11 is 14.3. The molecule has 0 aliphatic carbocycles. The second-order valence-electron chi connectivity index (χ2n) is 3.69. The highest BCUT2D eigenvalue weighted by Crippen LogP contribution is 2.25. The van der Waals surface area contributed by atoms with Crippen LogP contribution in [0.15, 0.2) is 46.9 Å². The van der Waals surface area contributed by atoms with Crippen LogP contribution < -0.4 is 11.1 Å². The second-order valence-corrected chi connectivity index (χ2v) is 5.48. The third kappa shape index (κ3) is 3.22. The van der Waals surface area contributed by atoms with Gasteiger partial charge < -0.3 is 11.1 Å². The van der Waals surface area contributed by atoms with Crippen molar-refractivity contribution in [2.75, 3.05) is 5.32 Å². The Hall–Kier alpha value is -1.10. The normalized spacial score (nSPS) is 10.1. The van der Waals surface area contributed by atoms with Crippen molar-refractivity contribution in [2.24, 2.45) is 5.73 Å². The van der Waals surface area contributed by atoms with Gasteiger partial charge in [0, 0.05) is 26.4 Å². The number of nitrogens with two attached hydrogens (primary N) is 1. The van der Waals surface area contributed by atoms with E-state index in [1.807, 2.05) is 42.5 Å². The van der Waals surface area contributed by atoms with Crippen LogP contribution >= 0.6 is 39.7 Å². The molecule has 2 rings (SSSR count). The van der Waals surface area contributed by atoms with Gasteiger partial charge in [0.2, 0.25) is 0 Å². The van der Waals surface area contributed by atoms with Gasteiger partial charge in [-0.1, -0.05) is 39.7 Å². The lowest BCUT2D eigenvalue weighted by Gasteiger charge is -2.11. The van der Waals surface area contributed by atoms with Crippen LogP contribution in [0.4, 0.5) is 11.4 Å². The fourth-order valence-corrected chi connectivity index (χ4v) is 2.17. The van der Waals surface area contributed by atoms with Gasteiger partial charge in [0.05, 0.1) is 0 Å². The maximum Gasteiger partial charge on any atom is 0.106 e. The van der Waals surface area contributed by atoms with Crippen molar-refractivity contribution in [2.45, 2.75) is 0 Å². The molecule has 0 amide bonds. The van der Waals surface area contributed by atoms with Gasteiger partial charge in [0.15, 0.2) is 0 Å². The molecule has 5 heteroatoms. The molecular weight excluding hydrogens is 332 g/mol. The van der Waals surface area contributed by atoms with Crippen LogP contribution in [0.3, 0.4) is 0 Å². The fourth-order valence-electron chi connectivity index (χ4n) is 1.52. The summed E-state index contributed by atoms with van der Waals surface area (Å²) in [6.45, 7) is 0. The zero-order chi connectivity index (χ0) is 13.1. The van der Waals surface area contributed by atoms with Crippen molar-refractivity contribution >= 4 is 56.1 Å². The van der Waals surface area contributed by atoms with Gasteiger partial charge in [-0.25, -0.2) is 0 Å². The average molecular weight is 342 g/mol. The molecule has 92 valence electrons. The minimum Gasteiger partial charge on any atom is -0.389 e. The van der Waals surface area contributed by atoms with E-state index in [-0.39, 0.29) is 0 Å². The van der Waals surface area contributed by atoms with E-state index in [0.29, 0.717) is 10.0 Å². The van der Waals surface area contributed by atoms with Crippen molar-refractivity contribution in [3.63, 3.8) is 0 Å². The number of thiocarbonyl (C=S) groups is 1. The van der Waals surface area contributed by atoms with Crippen LogP contribution in [0.5, 0.6) is 0 Å². The quantitative estimate of drug-likeness (QED) is 0.808. The summed E-state index contributed by atoms with van der Waals surface area (Å²) in [5.74, 6) is 0. The zero-order valence-corrected chi connectivity index (χ0v) is 12.4. The van der Waals surface area contributed by atoms with Gasteiger partial charge >= 0.3 is 0 Å². The molecule has 0 saturated heterocycles. The highest BCUT2D eigenvalue weighted by atomic mass is 79.9. The van der Waals surface area contributed by atoms with Crippen LogP contribution in [0.2, 0.25) is 5.02 Å². The van der Waals surface area contributed by atoms with E-state index in [4.69, 9.17) is 29.6 Å². The van der Waals surface area contributed by atoms with Crippen LogP contribution in [-0.4, -0.2) is 4.99 Å². The molecule has 0 aliphatic heterocycles. The molecule has 3 N–H and O–H groups in total. The maximum absolute atomic E-state index is 5.84. The number of nitrogens with one attached hydrogen (secondary N) is 1. The summed E-state index contributed by atoms with van der Waals surface area (Å²) < 4.78 is 0.937. The van der Waals surface area contributed by atoms with Gasteiger partial charge in [0.25, 0.3) is 0 Å². The first kappa shape index (κ1) is 13.3. The van der Waals surface area contributed by atoms with Crippen molar-refractivity contribution < 1.29 is 0 Å². The number of hydrogen-bond donors (Lipinski definition) is 2. The minimum absolute atomic E-state index is 0.354. The Balaban J connectivity index is 2.34. The molecule has 0 atom stereocenters. The van der Waals surface area contributed by atoms with E-state index in [1.54, 1.807) is 0 Å². The van der Waals surface area contributed by atoms with Crippen molar-refractivity contribution in [3.05, 3.63) is 57.5 Å². The molecule has 0 bridgehead atoms. The molecule has 2 aromatic rings. The SMILES string of the molecule is NC(=S)c1cc(Br)ccc1Nc1ccc(Cl)cc1. The zero-order valence-electron chi connectivity index (χ0n) is 9.28. The lowest BCUT2D eigenvalue weighted by atomic mass is 10.1. The number of halogens is 2. The maximum atomic E-state index is 5.84. The number of hydrogen-bond acceptors (Lipinski definition) is 2. The number of rotatable bonds is 3. The molecule has 18 heavy (non-hydrogen) atoms. The highest BCUT2D eigenvalue weighted by molar-refractivity contribution is 9.10. The predicted octanol–water partition coefficient (Wildman–Crippen LogP) is 4.48. The van der Waals surface area contributed by atoms with Gasteiger partial charge in [-0.05, 0) is 42.5 Å². The summed E-state index contributed by atoms with van der Waals surface area (Å²) in [6, 6.07) is 13.2. The smallest absolute Gasteiger partial charge is 0.106 e. The second kappa shape index (κ2) is 5.69. The van der Waals surface area contributed by atoms with E-state index >= 15 is 0 Å². The number of anilines is 2. The molecule has 0 radical (unpaired) electrons. The largest absolute Gasteiger partial charge is 0.389 e. The van der Waals surface area contributed by atoms with E-state index in [2.05, 4.69) is 21.2 Å². The van der Waals surface area contributed by atoms with E-state index in [9.17, 15) is 0 Å². The monoisotopic (exact) mass is 340 g/mol. The first-order valence-corrected chi connectivity index (χ1v) is 6.76. The van der Waals surface area contributed by atoms with E-state index in [1.165, 1.54) is 0 Å². The van der Waals surface area contributed by atoms with Crippen LogP contribution in [0.25, 0.3) is 0 Å². The molecule has 0 saturated carbocycles. The summed E-state index contributed by atoms with van der Waals surface area (Å²) in [7, 11) is 0. The summed E-state index contributed by atoms with van der Waals surface area (Å²) in [4.78, 5) is 0.354. The van der Waals surface area contributed by atoms with Crippen molar-refractivity contribution in [1.82, 2.24) is 0 Å². The molecule has 0 aromatic heterocycles. The van der Waals surface area contributed by atoms with Gasteiger partial charge in [-0.15, -0.1) is 0 Å². The predicted molar refractivity (Wildman–Crippen MR) is 84.8 cm³/mol. The summed E-state index contributed by atoms with van der Waals surface area (Å²) in [6.07, 6.45) is 0. The Morgan fingerprint density at radius 1 is 1.17 bits per heavy atom. The standard InChI is InChI=1S/C13H10BrClN2S/c14-8-1-6-12(11(7-8)13(16)18)17-10-4-2-9(15)3-5-10/h1-7,17H,(H2,16,18). The van der Waals surface area contributed by atoms with Crippen LogP contribution in [0.1, 0.15) is 5.56 Å². The summed E-state index contributed by atoms with van der Waals surface area (Å²) in [5, 5.41) is 3.96. The topological polar surface area (TPSA) is 38.0 Å². The highest BCUT2D eigenvalue weighted by Gasteiger charge is 2.06.